The average molecular weight is 539 g/mol. The fourth-order valence-corrected chi connectivity index (χ4v) is 6.09. The zero-order valence-corrected chi connectivity index (χ0v) is 23.4. The highest BCUT2D eigenvalue weighted by atomic mass is 16.5. The van der Waals surface area contributed by atoms with Gasteiger partial charge in [0.1, 0.15) is 6.61 Å². The van der Waals surface area contributed by atoms with Crippen LogP contribution in [0.5, 0.6) is 0 Å². The number of rotatable bonds is 8. The van der Waals surface area contributed by atoms with E-state index in [-0.39, 0.29) is 30.5 Å². The number of nitrogens with two attached hydrogens (primary N) is 1. The van der Waals surface area contributed by atoms with Gasteiger partial charge in [0.25, 0.3) is 5.56 Å². The van der Waals surface area contributed by atoms with Gasteiger partial charge in [-0.15, -0.1) is 0 Å². The molecule has 1 unspecified atom stereocenters. The summed E-state index contributed by atoms with van der Waals surface area (Å²) in [5.74, 6) is 0.800. The first-order valence-corrected chi connectivity index (χ1v) is 14.1. The van der Waals surface area contributed by atoms with Crippen molar-refractivity contribution in [3.8, 4) is 11.3 Å². The molecule has 2 fully saturated rings. The van der Waals surface area contributed by atoms with Crippen molar-refractivity contribution in [1.29, 1.82) is 0 Å². The molecule has 2 amide bonds. The molecule has 1 aliphatic carbocycles. The van der Waals surface area contributed by atoms with E-state index in [0.717, 1.165) is 17.5 Å². The number of nitrogens with zero attached hydrogens (tertiary/aromatic N) is 3. The van der Waals surface area contributed by atoms with Crippen LogP contribution in [0.4, 0.5) is 4.79 Å². The molecule has 212 valence electrons. The van der Waals surface area contributed by atoms with Gasteiger partial charge in [-0.05, 0) is 24.3 Å². The molecule has 3 N–H and O–H groups in total. The van der Waals surface area contributed by atoms with Gasteiger partial charge >= 0.3 is 6.09 Å². The molecule has 2 aliphatic rings. The molecule has 0 bridgehead atoms. The summed E-state index contributed by atoms with van der Waals surface area (Å²) in [6.07, 6.45) is 8.26. The fourth-order valence-electron chi connectivity index (χ4n) is 6.09. The number of benzene rings is 1. The Balaban J connectivity index is 1.39. The van der Waals surface area contributed by atoms with E-state index in [0.29, 0.717) is 31.1 Å². The van der Waals surface area contributed by atoms with Crippen LogP contribution in [0.3, 0.4) is 0 Å². The number of piperidine rings is 1. The zero-order valence-electron chi connectivity index (χ0n) is 23.4. The van der Waals surface area contributed by atoms with Crippen LogP contribution in [0, 0.1) is 17.3 Å². The quantitative estimate of drug-likeness (QED) is 0.521. The molecule has 2 heterocycles. The van der Waals surface area contributed by atoms with E-state index in [2.05, 4.69) is 4.98 Å². The predicted molar refractivity (Wildman–Crippen MR) is 149 cm³/mol. The Morgan fingerprint density at radius 3 is 2.49 bits per heavy atom. The van der Waals surface area contributed by atoms with Crippen LogP contribution in [0.25, 0.3) is 11.3 Å². The first-order chi connectivity index (χ1) is 18.5. The lowest BCUT2D eigenvalue weighted by molar-refractivity contribution is -0.157. The van der Waals surface area contributed by atoms with Crippen LogP contribution in [0.15, 0.2) is 41.5 Å². The van der Waals surface area contributed by atoms with Gasteiger partial charge in [-0.25, -0.2) is 9.78 Å². The van der Waals surface area contributed by atoms with Gasteiger partial charge in [0.05, 0.1) is 24.2 Å². The van der Waals surface area contributed by atoms with Crippen molar-refractivity contribution in [2.75, 3.05) is 13.1 Å². The normalized spacial score (nSPS) is 22.3. The maximum absolute atomic E-state index is 13.3. The molecule has 1 aromatic carbocycles. The summed E-state index contributed by atoms with van der Waals surface area (Å²) < 4.78 is 6.24. The molecule has 1 saturated heterocycles. The number of amides is 2. The third kappa shape index (κ3) is 6.87. The summed E-state index contributed by atoms with van der Waals surface area (Å²) in [4.78, 5) is 43.5. The van der Waals surface area contributed by atoms with Crippen molar-refractivity contribution >= 4 is 12.0 Å². The third-order valence-electron chi connectivity index (χ3n) is 8.73. The Bertz CT molecular complexity index is 1220. The Morgan fingerprint density at radius 2 is 1.87 bits per heavy atom. The van der Waals surface area contributed by atoms with Gasteiger partial charge in [-0.2, -0.15) is 0 Å². The fraction of sp³-hybridized carbons (Fsp3) is 0.600. The highest BCUT2D eigenvalue weighted by molar-refractivity contribution is 5.78. The van der Waals surface area contributed by atoms with Crippen molar-refractivity contribution in [2.45, 2.75) is 84.5 Å². The number of aromatic nitrogens is 2. The van der Waals surface area contributed by atoms with Crippen LogP contribution >= 0.6 is 0 Å². The number of aliphatic hydroxyl groups is 1. The van der Waals surface area contributed by atoms with Gasteiger partial charge in [0.2, 0.25) is 5.91 Å². The lowest BCUT2D eigenvalue weighted by Crippen LogP contribution is -2.61. The molecule has 1 aliphatic heterocycles. The topological polar surface area (TPSA) is 128 Å². The molecule has 2 atom stereocenters. The van der Waals surface area contributed by atoms with Crippen LogP contribution in [-0.4, -0.2) is 50.2 Å². The van der Waals surface area contributed by atoms with Gasteiger partial charge in [-0.3, -0.25) is 14.2 Å². The van der Waals surface area contributed by atoms with Crippen molar-refractivity contribution in [1.82, 2.24) is 14.5 Å². The molecule has 1 saturated carbocycles. The molecule has 39 heavy (non-hydrogen) atoms. The second kappa shape index (κ2) is 11.9. The largest absolute Gasteiger partial charge is 0.445 e. The predicted octanol–water partition coefficient (Wildman–Crippen LogP) is 4.10. The van der Waals surface area contributed by atoms with E-state index in [4.69, 9.17) is 10.5 Å². The molecule has 0 spiro atoms. The molecule has 4 rings (SSSR count). The van der Waals surface area contributed by atoms with Gasteiger partial charge in [-0.1, -0.05) is 77.1 Å². The second-order valence-electron chi connectivity index (χ2n) is 12.1. The lowest BCUT2D eigenvalue weighted by atomic mass is 9.69. The molecular formula is C30H42N4O5. The highest BCUT2D eigenvalue weighted by Gasteiger charge is 2.49. The van der Waals surface area contributed by atoms with Crippen LogP contribution in [0.1, 0.15) is 71.3 Å². The molecule has 9 nitrogen and oxygen atoms in total. The van der Waals surface area contributed by atoms with Crippen molar-refractivity contribution in [2.24, 2.45) is 23.0 Å². The minimum atomic E-state index is -1.16. The minimum Gasteiger partial charge on any atom is -0.445 e. The average Bonchev–Trinajstić information content (AvgIpc) is 2.90. The van der Waals surface area contributed by atoms with Crippen LogP contribution in [0.2, 0.25) is 0 Å². The number of carbonyl (C=O) groups is 2. The third-order valence-corrected chi connectivity index (χ3v) is 8.73. The van der Waals surface area contributed by atoms with Crippen molar-refractivity contribution < 1.29 is 19.4 Å². The maximum atomic E-state index is 13.3. The van der Waals surface area contributed by atoms with E-state index >= 15 is 0 Å². The van der Waals surface area contributed by atoms with Gasteiger partial charge in [0.15, 0.2) is 0 Å². The number of hydrogen-bond donors (Lipinski definition) is 2. The maximum Gasteiger partial charge on any atom is 0.404 e. The summed E-state index contributed by atoms with van der Waals surface area (Å²) in [5.41, 5.74) is 5.00. The smallest absolute Gasteiger partial charge is 0.404 e. The first kappa shape index (κ1) is 28.8. The molecule has 0 radical (unpaired) electrons. The highest BCUT2D eigenvalue weighted by Crippen LogP contribution is 2.40. The first-order valence-electron chi connectivity index (χ1n) is 14.1. The lowest BCUT2D eigenvalue weighted by Gasteiger charge is -2.50. The van der Waals surface area contributed by atoms with E-state index in [9.17, 15) is 19.5 Å². The Hall–Kier alpha value is -3.20. The van der Waals surface area contributed by atoms with E-state index in [1.807, 2.05) is 25.7 Å². The number of carbonyl (C=O) groups excluding carboxylic acids is 2. The second-order valence-corrected chi connectivity index (χ2v) is 12.1. The Morgan fingerprint density at radius 1 is 1.18 bits per heavy atom. The summed E-state index contributed by atoms with van der Waals surface area (Å²) in [6.45, 7) is 7.07. The molecular weight excluding hydrogens is 496 g/mol. The number of likely N-dealkylation sites (tertiary alicyclic amines) is 1. The zero-order chi connectivity index (χ0) is 28.2. The van der Waals surface area contributed by atoms with Gasteiger partial charge < -0.3 is 20.5 Å². The van der Waals surface area contributed by atoms with E-state index < -0.39 is 17.1 Å². The summed E-state index contributed by atoms with van der Waals surface area (Å²) in [5, 5.41) is 11.7. The summed E-state index contributed by atoms with van der Waals surface area (Å²) >= 11 is 0. The molecule has 9 heteroatoms. The molecule has 1 aromatic heterocycles. The Labute approximate surface area is 230 Å². The molecule has 2 aromatic rings. The minimum absolute atomic E-state index is 0.0146. The van der Waals surface area contributed by atoms with Crippen LogP contribution < -0.4 is 11.3 Å². The van der Waals surface area contributed by atoms with E-state index in [1.54, 1.807) is 24.3 Å². The van der Waals surface area contributed by atoms with Gasteiger partial charge in [0, 0.05) is 36.1 Å². The number of ether oxygens (including phenoxy) is 1. The SMILES string of the molecule is C[C@H](CC1CCCCC1)C(=O)N1CCC(O)(Cn2cnc(-c3ccc(COC(N)=O)cc3)cc2=O)C(C)(C)C1. The van der Waals surface area contributed by atoms with Crippen LogP contribution in [-0.2, 0) is 22.7 Å². The van der Waals surface area contributed by atoms with Crippen molar-refractivity contribution in [3.05, 3.63) is 52.6 Å². The Kier molecular flexibility index (Phi) is 8.79. The van der Waals surface area contributed by atoms with E-state index in [1.165, 1.54) is 49.1 Å². The standard InChI is InChI=1S/C30H42N4O5/c1-21(15-22-7-5-4-6-8-22)27(36)33-14-13-30(38,29(2,3)18-33)19-34-20-32-25(16-26(34)35)24-11-9-23(10-12-24)17-39-28(31)37/h9-12,16,20-22,38H,4-8,13-15,17-19H2,1-3H3,(H2,31,37)/t21-,30?/m1/s1. The number of primary amides is 1. The number of hydrogen-bond acceptors (Lipinski definition) is 6. The monoisotopic (exact) mass is 538 g/mol. The summed E-state index contributed by atoms with van der Waals surface area (Å²) in [7, 11) is 0. The summed E-state index contributed by atoms with van der Waals surface area (Å²) in [6, 6.07) is 8.61. The van der Waals surface area contributed by atoms with Crippen molar-refractivity contribution in [3.63, 3.8) is 0 Å².